The third-order valence-electron chi connectivity index (χ3n) is 2.72. The molecule has 1 rings (SSSR count). The van der Waals surface area contributed by atoms with Gasteiger partial charge in [0.05, 0.1) is 12.3 Å². The van der Waals surface area contributed by atoms with Crippen LogP contribution in [0.2, 0.25) is 0 Å². The first-order valence-electron chi connectivity index (χ1n) is 6.42. The van der Waals surface area contributed by atoms with Gasteiger partial charge in [0.15, 0.2) is 0 Å². The molecule has 1 aromatic rings. The fourth-order valence-electron chi connectivity index (χ4n) is 1.76. The Balaban J connectivity index is 3.19. The first-order valence-corrected chi connectivity index (χ1v) is 8.66. The SMILES string of the molecule is CCOC(=O)CN(C(C)C)S(=O)(=O)c1ccc(Br)cc1N. The molecule has 0 heterocycles. The van der Waals surface area contributed by atoms with Crippen LogP contribution in [-0.4, -0.2) is 37.9 Å². The van der Waals surface area contributed by atoms with Gasteiger partial charge in [-0.2, -0.15) is 4.31 Å². The van der Waals surface area contributed by atoms with E-state index in [1.807, 2.05) is 0 Å². The van der Waals surface area contributed by atoms with Gasteiger partial charge in [0, 0.05) is 10.5 Å². The highest BCUT2D eigenvalue weighted by Gasteiger charge is 2.31. The first-order chi connectivity index (χ1) is 9.70. The van der Waals surface area contributed by atoms with Crippen molar-refractivity contribution in [3.8, 4) is 0 Å². The highest BCUT2D eigenvalue weighted by Crippen LogP contribution is 2.26. The maximum absolute atomic E-state index is 12.7. The number of sulfonamides is 1. The van der Waals surface area contributed by atoms with Gasteiger partial charge in [-0.25, -0.2) is 8.42 Å². The van der Waals surface area contributed by atoms with Crippen LogP contribution in [-0.2, 0) is 19.6 Å². The number of hydrogen-bond acceptors (Lipinski definition) is 5. The van der Waals surface area contributed by atoms with Crippen LogP contribution in [0.1, 0.15) is 20.8 Å². The standard InChI is InChI=1S/C13H19BrN2O4S/c1-4-20-13(17)8-16(9(2)3)21(18,19)12-6-5-10(14)7-11(12)15/h5-7,9H,4,8,15H2,1-3H3. The van der Waals surface area contributed by atoms with E-state index in [-0.39, 0.29) is 23.7 Å². The summed E-state index contributed by atoms with van der Waals surface area (Å²) in [6.45, 7) is 4.89. The van der Waals surface area contributed by atoms with Gasteiger partial charge in [-0.3, -0.25) is 4.79 Å². The van der Waals surface area contributed by atoms with Crippen molar-refractivity contribution in [2.24, 2.45) is 0 Å². The third-order valence-corrected chi connectivity index (χ3v) is 5.31. The molecule has 0 aromatic heterocycles. The summed E-state index contributed by atoms with van der Waals surface area (Å²) < 4.78 is 31.9. The zero-order chi connectivity index (χ0) is 16.2. The van der Waals surface area contributed by atoms with Crippen LogP contribution in [0.15, 0.2) is 27.6 Å². The highest BCUT2D eigenvalue weighted by molar-refractivity contribution is 9.10. The molecule has 0 saturated heterocycles. The summed E-state index contributed by atoms with van der Waals surface area (Å²) in [5.74, 6) is -0.592. The van der Waals surface area contributed by atoms with Crippen molar-refractivity contribution >= 4 is 37.6 Å². The average Bonchev–Trinajstić information content (AvgIpc) is 2.35. The number of nitrogens with two attached hydrogens (primary N) is 1. The second-order valence-corrected chi connectivity index (χ2v) is 7.41. The van der Waals surface area contributed by atoms with Gasteiger partial charge in [0.1, 0.15) is 11.4 Å². The fraction of sp³-hybridized carbons (Fsp3) is 0.462. The Morgan fingerprint density at radius 3 is 2.52 bits per heavy atom. The number of rotatable bonds is 6. The van der Waals surface area contributed by atoms with E-state index in [2.05, 4.69) is 15.9 Å². The van der Waals surface area contributed by atoms with E-state index >= 15 is 0 Å². The number of carbonyl (C=O) groups is 1. The van der Waals surface area contributed by atoms with Crippen LogP contribution in [0.5, 0.6) is 0 Å². The molecule has 0 amide bonds. The molecule has 0 saturated carbocycles. The summed E-state index contributed by atoms with van der Waals surface area (Å²) in [6, 6.07) is 4.11. The van der Waals surface area contributed by atoms with Gasteiger partial charge in [-0.1, -0.05) is 15.9 Å². The van der Waals surface area contributed by atoms with Crippen LogP contribution in [0.4, 0.5) is 5.69 Å². The normalized spacial score (nSPS) is 11.9. The van der Waals surface area contributed by atoms with Gasteiger partial charge in [0.25, 0.3) is 0 Å². The molecule has 0 atom stereocenters. The molecule has 0 aliphatic carbocycles. The van der Waals surface area contributed by atoms with Crippen LogP contribution >= 0.6 is 15.9 Å². The molecule has 1 aromatic carbocycles. The van der Waals surface area contributed by atoms with Crippen molar-refractivity contribution in [2.75, 3.05) is 18.9 Å². The fourth-order valence-corrected chi connectivity index (χ4v) is 3.82. The number of anilines is 1. The maximum Gasteiger partial charge on any atom is 0.321 e. The summed E-state index contributed by atoms with van der Waals surface area (Å²) in [7, 11) is -3.87. The molecule has 8 heteroatoms. The number of benzene rings is 1. The molecule has 6 nitrogen and oxygen atoms in total. The number of ether oxygens (including phenoxy) is 1. The lowest BCUT2D eigenvalue weighted by Crippen LogP contribution is -2.41. The lowest BCUT2D eigenvalue weighted by molar-refractivity contribution is -0.143. The number of nitrogens with zero attached hydrogens (tertiary/aromatic N) is 1. The summed E-state index contributed by atoms with van der Waals surface area (Å²) in [4.78, 5) is 11.6. The number of hydrogen-bond donors (Lipinski definition) is 1. The average molecular weight is 379 g/mol. The zero-order valence-electron chi connectivity index (χ0n) is 12.2. The van der Waals surface area contributed by atoms with Crippen LogP contribution in [0.3, 0.4) is 0 Å². The van der Waals surface area contributed by atoms with E-state index in [1.54, 1.807) is 26.8 Å². The lowest BCUT2D eigenvalue weighted by atomic mass is 10.3. The van der Waals surface area contributed by atoms with Crippen molar-refractivity contribution < 1.29 is 17.9 Å². The first kappa shape index (κ1) is 17.9. The summed E-state index contributed by atoms with van der Waals surface area (Å²) >= 11 is 3.23. The number of esters is 1. The van der Waals surface area contributed by atoms with Gasteiger partial charge >= 0.3 is 5.97 Å². The quantitative estimate of drug-likeness (QED) is 0.603. The van der Waals surface area contributed by atoms with Gasteiger partial charge < -0.3 is 10.5 Å². The molecule has 0 aliphatic heterocycles. The minimum Gasteiger partial charge on any atom is -0.465 e. The van der Waals surface area contributed by atoms with Crippen LogP contribution in [0.25, 0.3) is 0 Å². The second kappa shape index (κ2) is 7.24. The second-order valence-electron chi connectivity index (χ2n) is 4.63. The molecular formula is C13H19BrN2O4S. The molecule has 0 spiro atoms. The van der Waals surface area contributed by atoms with Crippen molar-refractivity contribution in [3.63, 3.8) is 0 Å². The minimum absolute atomic E-state index is 0.0244. The molecular weight excluding hydrogens is 360 g/mol. The Labute approximate surface area is 133 Å². The zero-order valence-corrected chi connectivity index (χ0v) is 14.6. The van der Waals surface area contributed by atoms with Crippen molar-refractivity contribution in [1.29, 1.82) is 0 Å². The Hall–Kier alpha value is -1.12. The summed E-state index contributed by atoms with van der Waals surface area (Å²) in [6.07, 6.45) is 0. The van der Waals surface area contributed by atoms with Gasteiger partial charge in [-0.05, 0) is 39.0 Å². The van der Waals surface area contributed by atoms with E-state index in [1.165, 1.54) is 12.1 Å². The Morgan fingerprint density at radius 2 is 2.05 bits per heavy atom. The number of carbonyl (C=O) groups excluding carboxylic acids is 1. The van der Waals surface area contributed by atoms with E-state index in [0.29, 0.717) is 4.47 Å². The van der Waals surface area contributed by atoms with Gasteiger partial charge in [-0.15, -0.1) is 0 Å². The molecule has 0 aliphatic rings. The van der Waals surface area contributed by atoms with E-state index < -0.39 is 22.0 Å². The highest BCUT2D eigenvalue weighted by atomic mass is 79.9. The largest absolute Gasteiger partial charge is 0.465 e. The Morgan fingerprint density at radius 1 is 1.43 bits per heavy atom. The summed E-state index contributed by atoms with van der Waals surface area (Å²) in [5, 5.41) is 0. The summed E-state index contributed by atoms with van der Waals surface area (Å²) in [5.41, 5.74) is 5.91. The van der Waals surface area contributed by atoms with Crippen molar-refractivity contribution in [1.82, 2.24) is 4.31 Å². The van der Waals surface area contributed by atoms with Crippen LogP contribution < -0.4 is 5.73 Å². The predicted octanol–water partition coefficient (Wildman–Crippen LogP) is 1.99. The molecule has 2 N–H and O–H groups in total. The molecule has 0 unspecified atom stereocenters. The number of halogens is 1. The van der Waals surface area contributed by atoms with Crippen molar-refractivity contribution in [3.05, 3.63) is 22.7 Å². The van der Waals surface area contributed by atoms with E-state index in [0.717, 1.165) is 4.31 Å². The monoisotopic (exact) mass is 378 g/mol. The maximum atomic E-state index is 12.7. The Bertz CT molecular complexity index is 617. The smallest absolute Gasteiger partial charge is 0.321 e. The Kier molecular flexibility index (Phi) is 6.18. The number of nitrogen functional groups attached to an aromatic ring is 1. The van der Waals surface area contributed by atoms with E-state index in [4.69, 9.17) is 10.5 Å². The minimum atomic E-state index is -3.87. The molecule has 21 heavy (non-hydrogen) atoms. The van der Waals surface area contributed by atoms with Crippen LogP contribution in [0, 0.1) is 0 Å². The molecule has 0 fully saturated rings. The molecule has 0 bridgehead atoms. The topological polar surface area (TPSA) is 89.7 Å². The third kappa shape index (κ3) is 4.42. The molecule has 0 radical (unpaired) electrons. The lowest BCUT2D eigenvalue weighted by Gasteiger charge is -2.25. The molecule has 118 valence electrons. The van der Waals surface area contributed by atoms with E-state index in [9.17, 15) is 13.2 Å². The van der Waals surface area contributed by atoms with Gasteiger partial charge in [0.2, 0.25) is 10.0 Å². The van der Waals surface area contributed by atoms with Crippen molar-refractivity contribution in [2.45, 2.75) is 31.7 Å². The predicted molar refractivity (Wildman–Crippen MR) is 84.2 cm³/mol.